The summed E-state index contributed by atoms with van der Waals surface area (Å²) in [5.74, 6) is -4.94. The molecule has 0 aliphatic carbocycles. The highest BCUT2D eigenvalue weighted by Gasteiger charge is 2.44. The number of nitrogens with one attached hydrogen (secondary N) is 2. The van der Waals surface area contributed by atoms with E-state index < -0.39 is 105 Å². The lowest BCUT2D eigenvalue weighted by atomic mass is 10.1. The number of imidazole rings is 1. The molecule has 5 atom stereocenters. The van der Waals surface area contributed by atoms with E-state index in [2.05, 4.69) is 47.5 Å². The first-order valence-corrected chi connectivity index (χ1v) is 55.3. The summed E-state index contributed by atoms with van der Waals surface area (Å²) in [4.78, 5) is 102. The van der Waals surface area contributed by atoms with Crippen LogP contribution < -0.4 is 10.6 Å². The Bertz CT molecular complexity index is 6820. The number of rotatable bonds is 18. The molecule has 2 N–H and O–H groups in total. The fourth-order valence-corrected chi connectivity index (χ4v) is 27.3. The van der Waals surface area contributed by atoms with Crippen molar-refractivity contribution in [1.29, 1.82) is 0 Å². The number of anilines is 1. The Morgan fingerprint density at radius 1 is 0.422 bits per heavy atom. The second-order valence-electron chi connectivity index (χ2n) is 31.8. The molecule has 5 aliphatic rings. The highest BCUT2D eigenvalue weighted by atomic mass is 79.9. The Balaban J connectivity index is 0.000000152. The van der Waals surface area contributed by atoms with E-state index in [1.165, 1.54) is 93.1 Å². The van der Waals surface area contributed by atoms with E-state index in [-0.39, 0.29) is 158 Å². The van der Waals surface area contributed by atoms with E-state index in [0.29, 0.717) is 71.0 Å². The third kappa shape index (κ3) is 28.0. The van der Waals surface area contributed by atoms with Crippen molar-refractivity contribution in [3.8, 4) is 10.6 Å². The fourth-order valence-electron chi connectivity index (χ4n) is 14.9. The first-order chi connectivity index (χ1) is 64.0. The number of para-hydroxylation sites is 1. The number of aryl methyl sites for hydroxylation is 1. The van der Waals surface area contributed by atoms with E-state index in [0.717, 1.165) is 25.9 Å². The Morgan fingerprint density at radius 3 is 1.28 bits per heavy atom. The molecule has 16 rings (SSSR count). The van der Waals surface area contributed by atoms with Crippen molar-refractivity contribution in [1.82, 2.24) is 39.4 Å². The van der Waals surface area contributed by atoms with Gasteiger partial charge in [-0.3, -0.25) is 33.6 Å². The topological polar surface area (TPSA) is 348 Å². The normalized spacial score (nSPS) is 19.0. The number of carbonyl (C=O) groups excluding carboxylic acids is 7. The van der Waals surface area contributed by atoms with Crippen LogP contribution in [0.3, 0.4) is 0 Å². The molecule has 8 heterocycles. The molecule has 7 amide bonds. The van der Waals surface area contributed by atoms with Crippen LogP contribution in [0.4, 0.5) is 18.9 Å². The van der Waals surface area contributed by atoms with Crippen LogP contribution in [0.2, 0.25) is 25.1 Å². The van der Waals surface area contributed by atoms with Gasteiger partial charge < -0.3 is 39.7 Å². The number of thiophene rings is 2. The molecule has 5 saturated heterocycles. The fraction of sp³-hybridized carbons (Fsp3) is 0.283. The average Bonchev–Trinajstić information content (AvgIpc) is 1.58. The predicted octanol–water partition coefficient (Wildman–Crippen LogP) is 15.3. The van der Waals surface area contributed by atoms with Gasteiger partial charge in [0.05, 0.1) is 90.0 Å². The largest absolute Gasteiger partial charge is 0.355 e. The van der Waals surface area contributed by atoms with E-state index in [9.17, 15) is 88.8 Å². The summed E-state index contributed by atoms with van der Waals surface area (Å²) in [5, 5.41) is 3.00. The number of carbonyl (C=O) groups is 7. The number of nitrogens with zero attached hydrogens (tertiary/aromatic N) is 7. The molecule has 0 bridgehead atoms. The molecule has 5 unspecified atom stereocenters. The summed E-state index contributed by atoms with van der Waals surface area (Å²) in [7, 11) is -15.3. The number of benzene rings is 8. The second-order valence-corrected chi connectivity index (χ2v) is 49.1. The molecule has 5 fully saturated rings. The number of aromatic nitrogens is 2. The third-order valence-corrected chi connectivity index (χ3v) is 38.3. The van der Waals surface area contributed by atoms with Gasteiger partial charge in [-0.15, -0.1) is 22.7 Å². The minimum Gasteiger partial charge on any atom is -0.355 e. The lowest BCUT2D eigenvalue weighted by Gasteiger charge is -2.33. The maximum absolute atomic E-state index is 13.3. The zero-order valence-electron chi connectivity index (χ0n) is 71.6. The molecule has 43 heteroatoms. The summed E-state index contributed by atoms with van der Waals surface area (Å²) < 4.78 is 167. The molecular weight excluding hydrogens is 2120 g/mol. The van der Waals surface area contributed by atoms with Gasteiger partial charge in [-0.05, 0) is 175 Å². The molecular formula is C92H87Br2Cl5F3N9O17S7. The molecule has 26 nitrogen and oxygen atoms in total. The molecule has 0 spiro atoms. The van der Waals surface area contributed by atoms with Crippen LogP contribution in [0.5, 0.6) is 0 Å². The van der Waals surface area contributed by atoms with E-state index >= 15 is 0 Å². The lowest BCUT2D eigenvalue weighted by molar-refractivity contribution is -0.131. The van der Waals surface area contributed by atoms with Crippen LogP contribution >= 0.6 is 113 Å². The smallest absolute Gasteiger partial charge is 0.253 e. The monoisotopic (exact) mass is 2200 g/mol. The van der Waals surface area contributed by atoms with Gasteiger partial charge in [0.1, 0.15) is 33.2 Å². The van der Waals surface area contributed by atoms with Crippen LogP contribution in [0.1, 0.15) is 74.0 Å². The van der Waals surface area contributed by atoms with E-state index in [1.54, 1.807) is 118 Å². The number of amides is 7. The van der Waals surface area contributed by atoms with Crippen LogP contribution in [-0.4, -0.2) is 229 Å². The predicted molar refractivity (Wildman–Crippen MR) is 525 cm³/mol. The minimum absolute atomic E-state index is 0.00517. The molecule has 0 saturated carbocycles. The zero-order chi connectivity index (χ0) is 97.4. The maximum Gasteiger partial charge on any atom is 0.253 e. The third-order valence-electron chi connectivity index (χ3n) is 22.4. The minimum atomic E-state index is -3.67. The molecule has 5 aliphatic heterocycles. The summed E-state index contributed by atoms with van der Waals surface area (Å²) in [6, 6.07) is 56.3. The Kier molecular flexibility index (Phi) is 35.9. The van der Waals surface area contributed by atoms with Crippen LogP contribution in [0, 0.1) is 17.5 Å². The van der Waals surface area contributed by atoms with Crippen molar-refractivity contribution >= 4 is 209 Å². The highest BCUT2D eigenvalue weighted by Crippen LogP contribution is 2.39. The van der Waals surface area contributed by atoms with Crippen molar-refractivity contribution in [2.75, 3.05) is 106 Å². The van der Waals surface area contributed by atoms with Gasteiger partial charge in [-0.25, -0.2) is 60.2 Å². The van der Waals surface area contributed by atoms with E-state index in [1.807, 2.05) is 71.7 Å². The summed E-state index contributed by atoms with van der Waals surface area (Å²) >= 11 is 38.7. The summed E-state index contributed by atoms with van der Waals surface area (Å²) in [6.45, 7) is 0.884. The van der Waals surface area contributed by atoms with Gasteiger partial charge in [0.15, 0.2) is 59.7 Å². The quantitative estimate of drug-likeness (QED) is 0.0806. The maximum atomic E-state index is 13.3. The van der Waals surface area contributed by atoms with Crippen molar-refractivity contribution in [3.05, 3.63) is 324 Å². The van der Waals surface area contributed by atoms with Crippen LogP contribution in [0.25, 0.3) is 10.6 Å². The number of hydrogen-bond donors (Lipinski definition) is 2. The average molecular weight is 2210 g/mol. The Hall–Kier alpha value is -9.39. The van der Waals surface area contributed by atoms with Crippen molar-refractivity contribution < 1.29 is 88.8 Å². The number of halogens is 10. The zero-order valence-corrected chi connectivity index (χ0v) is 84.3. The van der Waals surface area contributed by atoms with E-state index in [4.69, 9.17) is 58.0 Å². The number of hydrogen-bond acceptors (Lipinski definition) is 20. The van der Waals surface area contributed by atoms with Gasteiger partial charge in [-0.2, -0.15) is 0 Å². The van der Waals surface area contributed by atoms with Gasteiger partial charge in [0.2, 0.25) is 29.5 Å². The van der Waals surface area contributed by atoms with Crippen LogP contribution in [0.15, 0.2) is 233 Å². The Morgan fingerprint density at radius 2 is 0.830 bits per heavy atom. The van der Waals surface area contributed by atoms with Gasteiger partial charge >= 0.3 is 0 Å². The lowest BCUT2D eigenvalue weighted by Crippen LogP contribution is -2.55. The number of sulfone groups is 5. The van der Waals surface area contributed by atoms with Crippen LogP contribution in [-0.2, 0) is 106 Å². The standard InChI is InChI=1S/C20H20BrClN2O4S.C19H17BrClN3O3S2.C19H18ClFN2O4S.C18H17ClFNO3S.C16H15ClFNO3S2/c21-16-7-6-15(12-17(16)22)20(26)24-10-11-29(27,28)18(13-24)19(25)23-9-8-14-4-2-1-3-5-14;1-23-9-15(22-11-23)16-4-5-17(28-16)18-10-24(6-7-29(18,26)27)19(25)12-2-3-13(20)14(21)8-12;20-15-10-13(6-7-16(15)21)11-18(24)23-8-9-28(26,27)17(12-23)19(25)22-14-4-2-1-3-5-14;19-15-10-13(6-7-16(15)20)11-18(22)21-8-9-25(23,24)17(12-21)14-4-2-1-3-5-14;17-12-8-11(3-4-13(12)18)9-16(20)19-5-7-24(21,22)15(10-19)14-2-1-6-23-14/h1-7,12,18H,8-11,13H2,(H,23,25);2-5,8-9,11,18H,6-7,10H2,1H3;1-7,10,17H,8-9,11-12H2,(H,22,25);1-7,10,17H,8-9,11-12H2;1-4,6,8,15H,5,7,9-10H2. The molecule has 0 radical (unpaired) electrons. The molecule has 8 aromatic carbocycles. The molecule has 3 aromatic heterocycles. The van der Waals surface area contributed by atoms with Crippen molar-refractivity contribution in [3.63, 3.8) is 0 Å². The summed E-state index contributed by atoms with van der Waals surface area (Å²) in [5.41, 5.74) is 5.51. The van der Waals surface area contributed by atoms with Gasteiger partial charge in [-0.1, -0.05) is 161 Å². The molecule has 11 aromatic rings. The first-order valence-electron chi connectivity index (χ1n) is 41.6. The molecule has 135 heavy (non-hydrogen) atoms. The highest BCUT2D eigenvalue weighted by molar-refractivity contribution is 9.11. The molecule has 714 valence electrons. The van der Waals surface area contributed by atoms with Crippen molar-refractivity contribution in [2.45, 2.75) is 51.9 Å². The summed E-state index contributed by atoms with van der Waals surface area (Å²) in [6.07, 6.45) is 4.25. The SMILES string of the molecule is Cn1cnc(-c2ccc(C3CN(C(=O)c4ccc(Br)c(Cl)c4)CCS3(=O)=O)s2)c1.O=C(Cc1ccc(F)c(Cl)c1)N1CCS(=O)(=O)C(c2ccccc2)C1.O=C(Cc1ccc(F)c(Cl)c1)N1CCS(=O)(=O)C(c2cccs2)C1.O=C(NCCc1ccccc1)C1CN(C(=O)c2ccc(Br)c(Cl)c2)CCS1(=O)=O.O=C(Nc1ccccc1)C1CN(C(=O)Cc2ccc(F)c(Cl)c2)CCS1(=O)=O. The van der Waals surface area contributed by atoms with Gasteiger partial charge in [0.25, 0.3) is 11.8 Å². The first kappa shape index (κ1) is 105. The van der Waals surface area contributed by atoms with Gasteiger partial charge in [0, 0.05) is 121 Å². The second kappa shape index (κ2) is 46.4. The Labute approximate surface area is 829 Å². The van der Waals surface area contributed by atoms with Crippen molar-refractivity contribution in [2.24, 2.45) is 7.05 Å².